The van der Waals surface area contributed by atoms with Gasteiger partial charge in [0.15, 0.2) is 0 Å². The van der Waals surface area contributed by atoms with E-state index in [0.29, 0.717) is 12.0 Å². The average Bonchev–Trinajstić information content (AvgIpc) is 3.30. The summed E-state index contributed by atoms with van der Waals surface area (Å²) in [6.45, 7) is 5.13. The first-order valence-electron chi connectivity index (χ1n) is 9.92. The molecule has 4 rings (SSSR count). The molecule has 0 fully saturated rings. The molecule has 1 aromatic heterocycles. The molecule has 0 bridgehead atoms. The Kier molecular flexibility index (Phi) is 5.88. The van der Waals surface area contributed by atoms with Gasteiger partial charge >= 0.3 is 0 Å². The average molecular weight is 452 g/mol. The summed E-state index contributed by atoms with van der Waals surface area (Å²) in [5, 5.41) is 8.49. The van der Waals surface area contributed by atoms with Gasteiger partial charge in [-0.3, -0.25) is 0 Å². The first kappa shape index (κ1) is 19.9. The van der Waals surface area contributed by atoms with Gasteiger partial charge in [-0.25, -0.2) is 4.68 Å². The van der Waals surface area contributed by atoms with Gasteiger partial charge in [-0.15, -0.1) is 0 Å². The topological polar surface area (TPSA) is 39.1 Å². The Morgan fingerprint density at radius 2 is 1.93 bits per heavy atom. The minimum atomic E-state index is 0.370. The number of aromatic nitrogens is 2. The van der Waals surface area contributed by atoms with E-state index in [1.54, 1.807) is 7.11 Å². The van der Waals surface area contributed by atoms with Crippen LogP contribution in [-0.2, 0) is 6.54 Å². The molecule has 3 aromatic rings. The monoisotopic (exact) mass is 451 g/mol. The molecule has 2 unspecified atom stereocenters. The Balaban J connectivity index is 1.44. The fourth-order valence-electron chi connectivity index (χ4n) is 4.11. The van der Waals surface area contributed by atoms with Crippen molar-refractivity contribution in [3.8, 4) is 11.4 Å². The van der Waals surface area contributed by atoms with E-state index in [2.05, 4.69) is 76.2 Å². The third kappa shape index (κ3) is 4.31. The van der Waals surface area contributed by atoms with E-state index < -0.39 is 0 Å². The van der Waals surface area contributed by atoms with E-state index >= 15 is 0 Å². The van der Waals surface area contributed by atoms with Gasteiger partial charge in [0.05, 0.1) is 18.5 Å². The van der Waals surface area contributed by atoms with Gasteiger partial charge < -0.3 is 10.1 Å². The second kappa shape index (κ2) is 8.56. The van der Waals surface area contributed by atoms with Crippen LogP contribution >= 0.6 is 15.9 Å². The highest BCUT2D eigenvalue weighted by atomic mass is 79.9. The maximum absolute atomic E-state index is 5.23. The van der Waals surface area contributed by atoms with Crippen LogP contribution in [0.25, 0.3) is 5.69 Å². The van der Waals surface area contributed by atoms with Gasteiger partial charge in [0.25, 0.3) is 0 Å². The van der Waals surface area contributed by atoms with Gasteiger partial charge in [-0.2, -0.15) is 5.10 Å². The largest absolute Gasteiger partial charge is 0.497 e. The van der Waals surface area contributed by atoms with Crippen LogP contribution in [0.15, 0.2) is 65.2 Å². The molecule has 2 atom stereocenters. The zero-order valence-electron chi connectivity index (χ0n) is 17.0. The predicted molar refractivity (Wildman–Crippen MR) is 121 cm³/mol. The lowest BCUT2D eigenvalue weighted by molar-refractivity contribution is 0.414. The zero-order chi connectivity index (χ0) is 20.4. The van der Waals surface area contributed by atoms with E-state index in [4.69, 9.17) is 9.84 Å². The number of hydrogen-bond donors (Lipinski definition) is 1. The van der Waals surface area contributed by atoms with Crippen LogP contribution in [0.4, 0.5) is 0 Å². The highest BCUT2D eigenvalue weighted by Gasteiger charge is 2.26. The van der Waals surface area contributed by atoms with Crippen LogP contribution in [0.1, 0.15) is 34.9 Å². The van der Waals surface area contributed by atoms with Gasteiger partial charge in [0.1, 0.15) is 5.75 Å². The molecule has 0 aliphatic heterocycles. The number of nitrogens with one attached hydrogen (secondary N) is 1. The van der Waals surface area contributed by atoms with E-state index in [9.17, 15) is 0 Å². The van der Waals surface area contributed by atoms with Crippen molar-refractivity contribution in [3.63, 3.8) is 0 Å². The van der Waals surface area contributed by atoms with Gasteiger partial charge in [-0.1, -0.05) is 46.3 Å². The van der Waals surface area contributed by atoms with Crippen molar-refractivity contribution in [1.82, 2.24) is 15.1 Å². The summed E-state index contributed by atoms with van der Waals surface area (Å²) < 4.78 is 8.35. The molecule has 2 aromatic carbocycles. The number of aryl methyl sites for hydroxylation is 1. The number of benzene rings is 2. The Bertz CT molecular complexity index is 1020. The van der Waals surface area contributed by atoms with Gasteiger partial charge in [0.2, 0.25) is 0 Å². The van der Waals surface area contributed by atoms with Crippen molar-refractivity contribution in [2.24, 2.45) is 0 Å². The van der Waals surface area contributed by atoms with Crippen molar-refractivity contribution in [1.29, 1.82) is 0 Å². The molecule has 4 nitrogen and oxygen atoms in total. The molecule has 5 heteroatoms. The Hall–Kier alpha value is -2.37. The summed E-state index contributed by atoms with van der Waals surface area (Å²) in [6.07, 6.45) is 5.68. The normalized spacial score (nSPS) is 18.3. The minimum absolute atomic E-state index is 0.370. The summed E-state index contributed by atoms with van der Waals surface area (Å²) >= 11 is 3.56. The van der Waals surface area contributed by atoms with Gasteiger partial charge in [-0.05, 0) is 56.2 Å². The molecule has 1 heterocycles. The number of nitrogens with zero attached hydrogens (tertiary/aromatic N) is 2. The summed E-state index contributed by atoms with van der Waals surface area (Å²) in [6, 6.07) is 16.9. The van der Waals surface area contributed by atoms with Crippen LogP contribution in [-0.4, -0.2) is 22.9 Å². The molecule has 0 spiro atoms. The quantitative estimate of drug-likeness (QED) is 0.505. The number of halogens is 1. The van der Waals surface area contributed by atoms with Crippen molar-refractivity contribution in [2.75, 3.05) is 7.11 Å². The number of allylic oxidation sites excluding steroid dienone is 1. The number of rotatable bonds is 6. The van der Waals surface area contributed by atoms with E-state index in [1.165, 1.54) is 16.8 Å². The lowest BCUT2D eigenvalue weighted by atomic mass is 9.96. The maximum Gasteiger partial charge on any atom is 0.118 e. The number of ether oxygens (including phenoxy) is 1. The van der Waals surface area contributed by atoms with Crippen LogP contribution in [0.3, 0.4) is 0 Å². The second-order valence-corrected chi connectivity index (χ2v) is 8.45. The highest BCUT2D eigenvalue weighted by Crippen LogP contribution is 2.34. The second-order valence-electron chi connectivity index (χ2n) is 7.54. The van der Waals surface area contributed by atoms with Crippen LogP contribution < -0.4 is 10.1 Å². The minimum Gasteiger partial charge on any atom is -0.497 e. The van der Waals surface area contributed by atoms with Crippen molar-refractivity contribution < 1.29 is 4.74 Å². The molecule has 1 aliphatic carbocycles. The Labute approximate surface area is 180 Å². The Morgan fingerprint density at radius 3 is 2.66 bits per heavy atom. The molecule has 0 radical (unpaired) electrons. The molecule has 0 saturated carbocycles. The summed E-state index contributed by atoms with van der Waals surface area (Å²) in [4.78, 5) is 0. The van der Waals surface area contributed by atoms with Crippen molar-refractivity contribution >= 4 is 15.9 Å². The predicted octanol–water partition coefficient (Wildman–Crippen LogP) is 5.46. The molecular formula is C24H26BrN3O. The smallest absolute Gasteiger partial charge is 0.118 e. The summed E-state index contributed by atoms with van der Waals surface area (Å²) in [5.74, 6) is 1.28. The summed E-state index contributed by atoms with van der Waals surface area (Å²) in [5.41, 5.74) is 6.01. The number of methoxy groups -OCH3 is 1. The number of hydrogen-bond acceptors (Lipinski definition) is 3. The first-order chi connectivity index (χ1) is 14.0. The fourth-order valence-corrected chi connectivity index (χ4v) is 4.49. The molecule has 29 heavy (non-hydrogen) atoms. The third-order valence-corrected chi connectivity index (χ3v) is 6.08. The molecule has 150 valence electrons. The van der Waals surface area contributed by atoms with E-state index in [0.717, 1.165) is 34.6 Å². The van der Waals surface area contributed by atoms with Crippen LogP contribution in [0.2, 0.25) is 0 Å². The standard InChI is InChI=1S/C24H26BrN3O/c1-16-24(17(2)28(27-16)22-6-4-5-20(25)14-22)19-9-10-21(13-19)26-15-18-7-11-23(29-3)12-8-18/h4-12,14,19,21,26H,13,15H2,1-3H3. The Morgan fingerprint density at radius 1 is 1.14 bits per heavy atom. The van der Waals surface area contributed by atoms with Crippen molar-refractivity contribution in [3.05, 3.63) is 87.7 Å². The summed E-state index contributed by atoms with van der Waals surface area (Å²) in [7, 11) is 1.69. The lowest BCUT2D eigenvalue weighted by Gasteiger charge is -2.15. The SMILES string of the molecule is COc1ccc(CNC2C=CC(c3c(C)nn(-c4cccc(Br)c4)c3C)C2)cc1. The molecule has 1 N–H and O–H groups in total. The molecule has 1 aliphatic rings. The molecule has 0 amide bonds. The highest BCUT2D eigenvalue weighted by molar-refractivity contribution is 9.10. The fraction of sp³-hybridized carbons (Fsp3) is 0.292. The molecular weight excluding hydrogens is 426 g/mol. The van der Waals surface area contributed by atoms with Crippen molar-refractivity contribution in [2.45, 2.75) is 38.8 Å². The first-order valence-corrected chi connectivity index (χ1v) is 10.7. The maximum atomic E-state index is 5.23. The van der Waals surface area contributed by atoms with E-state index in [1.807, 2.05) is 24.3 Å². The lowest BCUT2D eigenvalue weighted by Crippen LogP contribution is -2.25. The molecule has 0 saturated heterocycles. The van der Waals surface area contributed by atoms with Gasteiger partial charge in [0, 0.05) is 34.2 Å². The van der Waals surface area contributed by atoms with Crippen LogP contribution in [0.5, 0.6) is 5.75 Å². The van der Waals surface area contributed by atoms with Crippen LogP contribution in [0, 0.1) is 13.8 Å². The van der Waals surface area contributed by atoms with E-state index in [-0.39, 0.29) is 0 Å². The third-order valence-electron chi connectivity index (χ3n) is 5.58. The zero-order valence-corrected chi connectivity index (χ0v) is 18.6.